The molecule has 0 saturated heterocycles. The van der Waals surface area contributed by atoms with Gasteiger partial charge in [-0.1, -0.05) is 13.8 Å². The zero-order valence-electron chi connectivity index (χ0n) is 20.5. The van der Waals surface area contributed by atoms with Gasteiger partial charge in [0, 0.05) is 36.9 Å². The van der Waals surface area contributed by atoms with Crippen LogP contribution >= 0.6 is 0 Å². The van der Waals surface area contributed by atoms with Crippen molar-refractivity contribution in [3.8, 4) is 34.4 Å². The summed E-state index contributed by atoms with van der Waals surface area (Å²) in [5.74, 6) is 2.51. The Balaban J connectivity index is 1.51. The molecule has 1 atom stereocenters. The van der Waals surface area contributed by atoms with Gasteiger partial charge in [0.05, 0.1) is 30.2 Å². The number of imidazole rings is 1. The third-order valence-electron chi connectivity index (χ3n) is 5.98. The zero-order chi connectivity index (χ0) is 25.1. The van der Waals surface area contributed by atoms with Gasteiger partial charge in [-0.25, -0.2) is 19.3 Å². The summed E-state index contributed by atoms with van der Waals surface area (Å²) in [6.45, 7) is 5.41. The van der Waals surface area contributed by atoms with Crippen LogP contribution in [0.25, 0.3) is 22.6 Å². The molecule has 36 heavy (non-hydrogen) atoms. The number of aryl methyl sites for hydroxylation is 1. The van der Waals surface area contributed by atoms with E-state index in [2.05, 4.69) is 38.9 Å². The fourth-order valence-corrected chi connectivity index (χ4v) is 4.23. The Morgan fingerprint density at radius 2 is 1.83 bits per heavy atom. The van der Waals surface area contributed by atoms with E-state index >= 15 is 0 Å². The number of hydrogen-bond donors (Lipinski definition) is 1. The summed E-state index contributed by atoms with van der Waals surface area (Å²) in [6.07, 6.45) is 3.40. The second-order valence-electron chi connectivity index (χ2n) is 9.06. The lowest BCUT2D eigenvalue weighted by molar-refractivity contribution is 0.243. The number of methoxy groups -OCH3 is 1. The van der Waals surface area contributed by atoms with Gasteiger partial charge in [0.25, 0.3) is 0 Å². The van der Waals surface area contributed by atoms with Gasteiger partial charge in [-0.15, -0.1) is 10.2 Å². The van der Waals surface area contributed by atoms with Gasteiger partial charge in [0.2, 0.25) is 17.7 Å². The second kappa shape index (κ2) is 10.3. The van der Waals surface area contributed by atoms with E-state index in [1.54, 1.807) is 37.6 Å². The molecular weight excluding hydrogens is 461 g/mol. The van der Waals surface area contributed by atoms with E-state index in [4.69, 9.17) is 19.4 Å². The predicted octanol–water partition coefficient (Wildman–Crippen LogP) is 4.58. The van der Waals surface area contributed by atoms with Crippen molar-refractivity contribution in [3.63, 3.8) is 0 Å². The topological polar surface area (TPSA) is 99.9 Å². The third kappa shape index (κ3) is 4.98. The summed E-state index contributed by atoms with van der Waals surface area (Å²) in [5, 5.41) is 11.3. The predicted molar refractivity (Wildman–Crippen MR) is 133 cm³/mol. The lowest BCUT2D eigenvalue weighted by atomic mass is 10.1. The van der Waals surface area contributed by atoms with E-state index in [0.29, 0.717) is 30.2 Å². The van der Waals surface area contributed by atoms with Gasteiger partial charge in [-0.2, -0.15) is 0 Å². The van der Waals surface area contributed by atoms with Gasteiger partial charge in [0.15, 0.2) is 0 Å². The van der Waals surface area contributed by atoms with Gasteiger partial charge in [-0.3, -0.25) is 0 Å². The molecule has 0 fully saturated rings. The second-order valence-corrected chi connectivity index (χ2v) is 9.06. The fraction of sp³-hybridized carbons (Fsp3) is 0.346. The maximum atomic E-state index is 13.7. The number of nitrogens with zero attached hydrogens (tertiary/aromatic N) is 6. The average molecular weight is 490 g/mol. The van der Waals surface area contributed by atoms with Crippen molar-refractivity contribution in [2.45, 2.75) is 32.7 Å². The van der Waals surface area contributed by atoms with E-state index in [-0.39, 0.29) is 11.9 Å². The third-order valence-corrected chi connectivity index (χ3v) is 5.98. The van der Waals surface area contributed by atoms with Crippen molar-refractivity contribution in [3.05, 3.63) is 60.3 Å². The molecule has 0 bridgehead atoms. The molecule has 1 N–H and O–H groups in total. The summed E-state index contributed by atoms with van der Waals surface area (Å²) in [6, 6.07) is 11.7. The van der Waals surface area contributed by atoms with Crippen LogP contribution in [-0.2, 0) is 6.42 Å². The first-order chi connectivity index (χ1) is 17.5. The molecule has 9 nitrogen and oxygen atoms in total. The van der Waals surface area contributed by atoms with E-state index in [1.165, 1.54) is 12.1 Å². The number of aromatic nitrogens is 6. The highest BCUT2D eigenvalue weighted by molar-refractivity contribution is 5.78. The largest absolute Gasteiger partial charge is 0.480 e. The molecule has 0 radical (unpaired) electrons. The Labute approximate surface area is 208 Å². The molecule has 4 heterocycles. The molecule has 0 aliphatic carbocycles. The zero-order valence-corrected chi connectivity index (χ0v) is 20.5. The summed E-state index contributed by atoms with van der Waals surface area (Å²) < 4.78 is 26.9. The van der Waals surface area contributed by atoms with Crippen molar-refractivity contribution in [1.82, 2.24) is 29.7 Å². The van der Waals surface area contributed by atoms with Gasteiger partial charge in [0.1, 0.15) is 18.2 Å². The normalized spacial score (nSPS) is 14.6. The average Bonchev–Trinajstić information content (AvgIpc) is 3.47. The number of nitrogens with one attached hydrogen (secondary N) is 1. The van der Waals surface area contributed by atoms with Crippen molar-refractivity contribution in [1.29, 1.82) is 0 Å². The van der Waals surface area contributed by atoms with Crippen LogP contribution in [0.4, 0.5) is 10.3 Å². The molecule has 0 saturated carbocycles. The molecular formula is C26H28FN7O2. The minimum Gasteiger partial charge on any atom is -0.480 e. The standard InChI is InChI=1S/C26H28FN7O2/c1-16(2)14-29-26-28-13-12-20(30-26)25-24(17-4-6-18(27)7-5-17)31-21-9-8-19(34(21)25)15-36-23-11-10-22(35-3)32-33-23/h4-7,10-13,16,19H,8-9,14-15H2,1-3H3,(H,28,29,30). The maximum Gasteiger partial charge on any atom is 0.233 e. The van der Waals surface area contributed by atoms with Crippen molar-refractivity contribution >= 4 is 5.95 Å². The SMILES string of the molecule is COc1ccc(OCC2CCc3nc(-c4ccc(F)cc4)c(-c4ccnc(NCC(C)C)n4)n32)nn1. The Kier molecular flexibility index (Phi) is 6.75. The van der Waals surface area contributed by atoms with Gasteiger partial charge < -0.3 is 19.4 Å². The first-order valence-electron chi connectivity index (χ1n) is 12.0. The summed E-state index contributed by atoms with van der Waals surface area (Å²) in [7, 11) is 1.54. The van der Waals surface area contributed by atoms with E-state index < -0.39 is 0 Å². The smallest absolute Gasteiger partial charge is 0.233 e. The van der Waals surface area contributed by atoms with Crippen molar-refractivity contribution < 1.29 is 13.9 Å². The van der Waals surface area contributed by atoms with Crippen molar-refractivity contribution in [2.75, 3.05) is 25.6 Å². The molecule has 0 amide bonds. The number of rotatable bonds is 9. The number of halogens is 1. The Morgan fingerprint density at radius 3 is 2.56 bits per heavy atom. The maximum absolute atomic E-state index is 13.7. The number of benzene rings is 1. The Bertz CT molecular complexity index is 1320. The van der Waals surface area contributed by atoms with Gasteiger partial charge >= 0.3 is 0 Å². The fourth-order valence-electron chi connectivity index (χ4n) is 4.23. The molecule has 186 valence electrons. The monoisotopic (exact) mass is 489 g/mol. The van der Waals surface area contributed by atoms with Crippen LogP contribution in [0.3, 0.4) is 0 Å². The van der Waals surface area contributed by atoms with E-state index in [0.717, 1.165) is 47.9 Å². The molecule has 1 aromatic carbocycles. The first kappa shape index (κ1) is 23.7. The summed E-state index contributed by atoms with van der Waals surface area (Å²) >= 11 is 0. The van der Waals surface area contributed by atoms with E-state index in [9.17, 15) is 4.39 Å². The number of fused-ring (bicyclic) bond motifs is 1. The molecule has 1 aliphatic rings. The molecule has 1 unspecified atom stereocenters. The van der Waals surface area contributed by atoms with Crippen LogP contribution in [0.15, 0.2) is 48.7 Å². The number of anilines is 1. The summed E-state index contributed by atoms with van der Waals surface area (Å²) in [5.41, 5.74) is 3.18. The highest BCUT2D eigenvalue weighted by Crippen LogP contribution is 2.39. The molecule has 10 heteroatoms. The number of hydrogen-bond acceptors (Lipinski definition) is 8. The molecule has 3 aromatic heterocycles. The minimum atomic E-state index is -0.291. The van der Waals surface area contributed by atoms with Crippen LogP contribution in [-0.4, -0.2) is 50.0 Å². The molecule has 4 aromatic rings. The van der Waals surface area contributed by atoms with Gasteiger partial charge in [-0.05, 0) is 42.7 Å². The summed E-state index contributed by atoms with van der Waals surface area (Å²) in [4.78, 5) is 14.2. The number of ether oxygens (including phenoxy) is 2. The van der Waals surface area contributed by atoms with Crippen molar-refractivity contribution in [2.24, 2.45) is 5.92 Å². The van der Waals surface area contributed by atoms with Crippen LogP contribution < -0.4 is 14.8 Å². The lowest BCUT2D eigenvalue weighted by Gasteiger charge is -2.18. The Hall–Kier alpha value is -4.08. The van der Waals surface area contributed by atoms with E-state index in [1.807, 2.05) is 6.07 Å². The quantitative estimate of drug-likeness (QED) is 0.365. The first-order valence-corrected chi connectivity index (χ1v) is 12.0. The van der Waals surface area contributed by atoms with Crippen LogP contribution in [0.1, 0.15) is 32.1 Å². The van der Waals surface area contributed by atoms with Crippen LogP contribution in [0.2, 0.25) is 0 Å². The highest BCUT2D eigenvalue weighted by Gasteiger charge is 2.31. The Morgan fingerprint density at radius 1 is 1.06 bits per heavy atom. The molecule has 1 aliphatic heterocycles. The minimum absolute atomic E-state index is 0.0163. The highest BCUT2D eigenvalue weighted by atomic mass is 19.1. The molecule has 0 spiro atoms. The molecule has 5 rings (SSSR count). The van der Waals surface area contributed by atoms with Crippen LogP contribution in [0.5, 0.6) is 11.8 Å². The lowest BCUT2D eigenvalue weighted by Crippen LogP contribution is -2.16. The van der Waals surface area contributed by atoms with Crippen LogP contribution in [0, 0.1) is 11.7 Å².